The third-order valence-electron chi connectivity index (χ3n) is 5.06. The zero-order valence-corrected chi connectivity index (χ0v) is 14.4. The zero-order valence-electron chi connectivity index (χ0n) is 14.4. The molecule has 0 saturated carbocycles. The minimum absolute atomic E-state index is 0.155. The Bertz CT molecular complexity index is 784. The first-order valence-corrected chi connectivity index (χ1v) is 8.72. The number of rotatable bonds is 5. The molecular formula is C22H21N3O. The predicted molar refractivity (Wildman–Crippen MR) is 102 cm³/mol. The lowest BCUT2D eigenvalue weighted by atomic mass is 9.76. The molecule has 1 aliphatic rings. The summed E-state index contributed by atoms with van der Waals surface area (Å²) in [6.07, 6.45) is 0. The highest BCUT2D eigenvalue weighted by Gasteiger charge is 2.55. The second kappa shape index (κ2) is 6.75. The highest BCUT2D eigenvalue weighted by Crippen LogP contribution is 2.48. The number of nitrogens with zero attached hydrogens (tertiary/aromatic N) is 1. The Hall–Kier alpha value is -2.95. The fourth-order valence-electron chi connectivity index (χ4n) is 3.87. The Morgan fingerprint density at radius 1 is 0.808 bits per heavy atom. The van der Waals surface area contributed by atoms with Gasteiger partial charge in [-0.05, 0) is 16.7 Å². The number of benzene rings is 3. The summed E-state index contributed by atoms with van der Waals surface area (Å²) in [5.74, 6) is 5.25. The molecule has 0 radical (unpaired) electrons. The van der Waals surface area contributed by atoms with Gasteiger partial charge in [-0.3, -0.25) is 15.1 Å². The van der Waals surface area contributed by atoms with E-state index in [4.69, 9.17) is 5.84 Å². The lowest BCUT2D eigenvalue weighted by molar-refractivity contribution is -0.121. The third-order valence-corrected chi connectivity index (χ3v) is 5.06. The van der Waals surface area contributed by atoms with E-state index in [2.05, 4.69) is 46.7 Å². The lowest BCUT2D eigenvalue weighted by Gasteiger charge is -2.38. The molecule has 0 bridgehead atoms. The molecule has 4 rings (SSSR count). The van der Waals surface area contributed by atoms with Gasteiger partial charge < -0.3 is 0 Å². The molecule has 1 aliphatic heterocycles. The standard InChI is InChI=1S/C22H21N3O/c23-24-21(26)20-16-25(20)22(17-10-4-1-5-11-17,18-12-6-2-7-13-18)19-14-8-3-9-15-19/h1-15,20H,16,23H2,(H,24,26)/t20-,25?/m0/s1. The van der Waals surface area contributed by atoms with E-state index in [1.807, 2.05) is 54.6 Å². The van der Waals surface area contributed by atoms with Gasteiger partial charge in [0.15, 0.2) is 0 Å². The summed E-state index contributed by atoms with van der Waals surface area (Å²) >= 11 is 0. The highest BCUT2D eigenvalue weighted by atomic mass is 16.2. The highest BCUT2D eigenvalue weighted by molar-refractivity contribution is 5.84. The van der Waals surface area contributed by atoms with Crippen LogP contribution in [0.2, 0.25) is 0 Å². The van der Waals surface area contributed by atoms with Crippen LogP contribution < -0.4 is 11.3 Å². The van der Waals surface area contributed by atoms with Crippen molar-refractivity contribution in [3.63, 3.8) is 0 Å². The van der Waals surface area contributed by atoms with Crippen molar-refractivity contribution in [3.8, 4) is 0 Å². The van der Waals surface area contributed by atoms with E-state index < -0.39 is 5.54 Å². The molecule has 3 aromatic carbocycles. The first kappa shape index (κ1) is 16.5. The third kappa shape index (κ3) is 2.60. The molecule has 1 unspecified atom stereocenters. The number of amides is 1. The van der Waals surface area contributed by atoms with Crippen LogP contribution in [0.15, 0.2) is 91.0 Å². The Labute approximate surface area is 153 Å². The van der Waals surface area contributed by atoms with Gasteiger partial charge in [-0.15, -0.1) is 0 Å². The van der Waals surface area contributed by atoms with Crippen molar-refractivity contribution >= 4 is 5.91 Å². The number of carbonyl (C=O) groups excluding carboxylic acids is 1. The Balaban J connectivity index is 1.97. The molecule has 2 atom stereocenters. The molecule has 0 aliphatic carbocycles. The number of carbonyl (C=O) groups is 1. The van der Waals surface area contributed by atoms with E-state index in [1.54, 1.807) is 0 Å². The van der Waals surface area contributed by atoms with Gasteiger partial charge in [-0.2, -0.15) is 0 Å². The van der Waals surface area contributed by atoms with Gasteiger partial charge in [0.25, 0.3) is 5.91 Å². The fourth-order valence-corrected chi connectivity index (χ4v) is 3.87. The molecule has 4 heteroatoms. The first-order chi connectivity index (χ1) is 12.8. The average Bonchev–Trinajstić information content (AvgIpc) is 3.52. The van der Waals surface area contributed by atoms with E-state index in [9.17, 15) is 4.79 Å². The molecule has 1 amide bonds. The molecule has 4 nitrogen and oxygen atoms in total. The number of hydrazine groups is 1. The van der Waals surface area contributed by atoms with Crippen LogP contribution in [0, 0.1) is 0 Å². The minimum atomic E-state index is -0.541. The van der Waals surface area contributed by atoms with Crippen molar-refractivity contribution in [2.75, 3.05) is 6.54 Å². The van der Waals surface area contributed by atoms with Crippen LogP contribution in [0.1, 0.15) is 16.7 Å². The van der Waals surface area contributed by atoms with Crippen molar-refractivity contribution in [3.05, 3.63) is 108 Å². The van der Waals surface area contributed by atoms with Gasteiger partial charge in [0.1, 0.15) is 6.04 Å². The Morgan fingerprint density at radius 2 is 1.19 bits per heavy atom. The topological polar surface area (TPSA) is 58.1 Å². The van der Waals surface area contributed by atoms with Crippen molar-refractivity contribution in [2.45, 2.75) is 11.6 Å². The summed E-state index contributed by atoms with van der Waals surface area (Å²) in [6.45, 7) is 0.654. The van der Waals surface area contributed by atoms with Crippen LogP contribution in [0.3, 0.4) is 0 Å². The second-order valence-corrected chi connectivity index (χ2v) is 6.49. The maximum Gasteiger partial charge on any atom is 0.252 e. The van der Waals surface area contributed by atoms with Crippen LogP contribution in [0.5, 0.6) is 0 Å². The van der Waals surface area contributed by atoms with Crippen molar-refractivity contribution in [1.29, 1.82) is 0 Å². The monoisotopic (exact) mass is 343 g/mol. The predicted octanol–water partition coefficient (Wildman–Crippen LogP) is 2.65. The molecule has 0 aromatic heterocycles. The number of hydrogen-bond donors (Lipinski definition) is 2. The molecule has 1 saturated heterocycles. The van der Waals surface area contributed by atoms with Gasteiger partial charge in [0, 0.05) is 6.54 Å². The molecule has 26 heavy (non-hydrogen) atoms. The van der Waals surface area contributed by atoms with Crippen LogP contribution in [-0.2, 0) is 10.3 Å². The van der Waals surface area contributed by atoms with Crippen LogP contribution in [0.25, 0.3) is 0 Å². The molecule has 1 heterocycles. The minimum Gasteiger partial charge on any atom is -0.293 e. The zero-order chi connectivity index (χ0) is 18.0. The summed E-state index contributed by atoms with van der Waals surface area (Å²) in [5.41, 5.74) is 5.15. The summed E-state index contributed by atoms with van der Waals surface area (Å²) in [5, 5.41) is 0. The SMILES string of the molecule is NNC(=O)[C@@H]1CN1C(c1ccccc1)(c1ccccc1)c1ccccc1. The van der Waals surface area contributed by atoms with Crippen molar-refractivity contribution in [2.24, 2.45) is 5.84 Å². The normalized spacial score (nSPS) is 19.0. The van der Waals surface area contributed by atoms with Gasteiger partial charge in [0.05, 0.1) is 5.54 Å². The maximum atomic E-state index is 12.2. The summed E-state index contributed by atoms with van der Waals surface area (Å²) < 4.78 is 0. The first-order valence-electron chi connectivity index (χ1n) is 8.72. The summed E-state index contributed by atoms with van der Waals surface area (Å²) in [4.78, 5) is 14.5. The molecule has 1 fully saturated rings. The average molecular weight is 343 g/mol. The van der Waals surface area contributed by atoms with Gasteiger partial charge in [0.2, 0.25) is 0 Å². The smallest absolute Gasteiger partial charge is 0.252 e. The van der Waals surface area contributed by atoms with E-state index in [0.29, 0.717) is 6.54 Å². The quantitative estimate of drug-likeness (QED) is 0.246. The summed E-state index contributed by atoms with van der Waals surface area (Å²) in [6, 6.07) is 30.7. The van der Waals surface area contributed by atoms with Gasteiger partial charge >= 0.3 is 0 Å². The van der Waals surface area contributed by atoms with Crippen LogP contribution >= 0.6 is 0 Å². The summed E-state index contributed by atoms with van der Waals surface area (Å²) in [7, 11) is 0. The Kier molecular flexibility index (Phi) is 4.29. The molecule has 3 N–H and O–H groups in total. The van der Waals surface area contributed by atoms with E-state index in [-0.39, 0.29) is 11.9 Å². The number of nitrogens with two attached hydrogens (primary N) is 1. The maximum absolute atomic E-state index is 12.2. The number of hydrogen-bond acceptors (Lipinski definition) is 3. The van der Waals surface area contributed by atoms with Gasteiger partial charge in [-0.1, -0.05) is 91.0 Å². The molecule has 0 spiro atoms. The van der Waals surface area contributed by atoms with Crippen LogP contribution in [0.4, 0.5) is 0 Å². The van der Waals surface area contributed by atoms with E-state index in [1.165, 1.54) is 0 Å². The fraction of sp³-hybridized carbons (Fsp3) is 0.136. The van der Waals surface area contributed by atoms with Crippen molar-refractivity contribution in [1.82, 2.24) is 10.3 Å². The molecular weight excluding hydrogens is 322 g/mol. The van der Waals surface area contributed by atoms with Crippen molar-refractivity contribution < 1.29 is 4.79 Å². The van der Waals surface area contributed by atoms with E-state index in [0.717, 1.165) is 16.7 Å². The van der Waals surface area contributed by atoms with Crippen LogP contribution in [-0.4, -0.2) is 23.4 Å². The lowest BCUT2D eigenvalue weighted by Crippen LogP contribution is -2.43. The van der Waals surface area contributed by atoms with E-state index >= 15 is 0 Å². The largest absolute Gasteiger partial charge is 0.293 e. The van der Waals surface area contributed by atoms with Gasteiger partial charge in [-0.25, -0.2) is 5.84 Å². The second-order valence-electron chi connectivity index (χ2n) is 6.49. The number of nitrogens with one attached hydrogen (secondary N) is 1. The Morgan fingerprint density at radius 3 is 1.54 bits per heavy atom. The molecule has 130 valence electrons. The molecule has 3 aromatic rings.